The van der Waals surface area contributed by atoms with Gasteiger partial charge in [0.05, 0.1) is 6.54 Å². The maximum absolute atomic E-state index is 11.7. The highest BCUT2D eigenvalue weighted by molar-refractivity contribution is 5.96. The Morgan fingerprint density at radius 1 is 0.762 bits per heavy atom. The number of hydrogen-bond acceptors (Lipinski definition) is 9. The van der Waals surface area contributed by atoms with Crippen molar-refractivity contribution in [2.24, 2.45) is 16.8 Å². The number of aromatic nitrogens is 2. The number of nitrogens with two attached hydrogens (primary N) is 2. The number of hydrazine groups is 1. The van der Waals surface area contributed by atoms with E-state index in [0.717, 1.165) is 12.8 Å². The van der Waals surface area contributed by atoms with Crippen LogP contribution in [0.2, 0.25) is 0 Å². The van der Waals surface area contributed by atoms with Crippen molar-refractivity contribution in [3.8, 4) is 11.1 Å². The van der Waals surface area contributed by atoms with E-state index >= 15 is 0 Å². The zero-order chi connectivity index (χ0) is 30.4. The zero-order valence-electron chi connectivity index (χ0n) is 23.8. The maximum Gasteiger partial charge on any atom is 0.239 e. The summed E-state index contributed by atoms with van der Waals surface area (Å²) >= 11 is 0. The predicted molar refractivity (Wildman–Crippen MR) is 163 cm³/mol. The van der Waals surface area contributed by atoms with Gasteiger partial charge in [0.25, 0.3) is 0 Å². The summed E-state index contributed by atoms with van der Waals surface area (Å²) < 4.78 is 0. The molecule has 13 heteroatoms. The number of aryl methyl sites for hydroxylation is 1. The lowest BCUT2D eigenvalue weighted by molar-refractivity contribution is -0.126. The Hall–Kier alpha value is -5.04. The number of nitrogens with one attached hydrogen (secondary N) is 5. The molecule has 0 aliphatic heterocycles. The molecule has 0 fully saturated rings. The molecule has 0 aliphatic rings. The van der Waals surface area contributed by atoms with E-state index in [1.165, 1.54) is 16.7 Å². The molecule has 0 radical (unpaired) electrons. The molecular formula is C29H40N10O3. The van der Waals surface area contributed by atoms with Gasteiger partial charge in [-0.3, -0.25) is 25.1 Å². The maximum atomic E-state index is 11.7. The quantitative estimate of drug-likeness (QED) is 0.0518. The van der Waals surface area contributed by atoms with Gasteiger partial charge in [0, 0.05) is 38.3 Å². The van der Waals surface area contributed by atoms with Crippen LogP contribution in [0.3, 0.4) is 0 Å². The van der Waals surface area contributed by atoms with E-state index in [-0.39, 0.29) is 43.1 Å². The minimum atomic E-state index is -0.383. The van der Waals surface area contributed by atoms with E-state index in [2.05, 4.69) is 97.2 Å². The molecule has 1 aromatic heterocycles. The third-order valence-corrected chi connectivity index (χ3v) is 5.71. The van der Waals surface area contributed by atoms with Crippen molar-refractivity contribution in [3.05, 3.63) is 78.6 Å². The highest BCUT2D eigenvalue weighted by Gasteiger charge is 2.08. The summed E-state index contributed by atoms with van der Waals surface area (Å²) in [6.07, 6.45) is 5.43. The summed E-state index contributed by atoms with van der Waals surface area (Å²) in [5.41, 5.74) is 5.98. The normalized spacial score (nSPS) is 10.5. The van der Waals surface area contributed by atoms with E-state index < -0.39 is 0 Å². The molecule has 0 bridgehead atoms. The van der Waals surface area contributed by atoms with E-state index in [0.29, 0.717) is 25.5 Å². The Labute approximate surface area is 245 Å². The zero-order valence-corrected chi connectivity index (χ0v) is 23.8. The summed E-state index contributed by atoms with van der Waals surface area (Å²) in [6.45, 7) is 3.20. The minimum absolute atomic E-state index is 0.0692. The number of unbranched alkanes of at least 4 members (excludes halogenated alkanes) is 1. The summed E-state index contributed by atoms with van der Waals surface area (Å²) in [5, 5.41) is 13.8. The van der Waals surface area contributed by atoms with Crippen molar-refractivity contribution < 1.29 is 14.4 Å². The van der Waals surface area contributed by atoms with Gasteiger partial charge >= 0.3 is 0 Å². The van der Waals surface area contributed by atoms with E-state index in [1.807, 2.05) is 6.07 Å². The van der Waals surface area contributed by atoms with E-state index in [1.54, 1.807) is 18.5 Å². The van der Waals surface area contributed by atoms with Gasteiger partial charge in [-0.25, -0.2) is 15.8 Å². The van der Waals surface area contributed by atoms with Crippen LogP contribution in [0.5, 0.6) is 0 Å². The SMILES string of the molecule is Cc1ccc(-c2ccccc2)cc1.N/N=C(\NN)NC(=O)CCCC(=O)NCC(=O)NCCCCNc1ncccn1. The first-order valence-electron chi connectivity index (χ1n) is 13.6. The number of anilines is 1. The van der Waals surface area contributed by atoms with Crippen LogP contribution >= 0.6 is 0 Å². The second-order valence-electron chi connectivity index (χ2n) is 9.09. The first-order valence-corrected chi connectivity index (χ1v) is 13.6. The lowest BCUT2D eigenvalue weighted by Gasteiger charge is -2.08. The van der Waals surface area contributed by atoms with Gasteiger partial charge in [-0.2, -0.15) is 0 Å². The van der Waals surface area contributed by atoms with Crippen molar-refractivity contribution in [1.82, 2.24) is 31.3 Å². The van der Waals surface area contributed by atoms with Crippen molar-refractivity contribution in [1.29, 1.82) is 0 Å². The highest BCUT2D eigenvalue weighted by Crippen LogP contribution is 2.18. The fraction of sp³-hybridized carbons (Fsp3) is 0.310. The van der Waals surface area contributed by atoms with Gasteiger partial charge in [-0.1, -0.05) is 60.2 Å². The number of hydrazone groups is 1. The standard InChI is InChI=1S/C16H28N10O3.C13H12/c17-25-16(26-18)24-13(28)6-3-5-12(27)23-11-14(29)19-7-1-2-8-20-15-21-9-4-10-22-15;1-11-7-9-13(10-8-11)12-5-3-2-4-6-12/h4,9-10H,1-3,5-8,11,17-18H2,(H,19,29)(H,23,27)(H,20,21,22)(H2,24,25,26,28);2-10H,1H3. The predicted octanol–water partition coefficient (Wildman–Crippen LogP) is 1.54. The highest BCUT2D eigenvalue weighted by atomic mass is 16.2. The molecule has 0 spiro atoms. The Morgan fingerprint density at radius 2 is 1.40 bits per heavy atom. The molecule has 13 nitrogen and oxygen atoms in total. The second kappa shape index (κ2) is 19.9. The number of guanidine groups is 1. The fourth-order valence-electron chi connectivity index (χ4n) is 3.48. The lowest BCUT2D eigenvalue weighted by atomic mass is 10.0. The van der Waals surface area contributed by atoms with Crippen LogP contribution in [-0.4, -0.2) is 53.3 Å². The van der Waals surface area contributed by atoms with Crippen LogP contribution in [0.15, 0.2) is 78.2 Å². The summed E-state index contributed by atoms with van der Waals surface area (Å²) in [4.78, 5) is 43.0. The van der Waals surface area contributed by atoms with Gasteiger partial charge < -0.3 is 21.8 Å². The Morgan fingerprint density at radius 3 is 2.07 bits per heavy atom. The summed E-state index contributed by atoms with van der Waals surface area (Å²) in [6, 6.07) is 20.8. The second-order valence-corrected chi connectivity index (χ2v) is 9.09. The number of benzene rings is 2. The largest absolute Gasteiger partial charge is 0.355 e. The molecule has 42 heavy (non-hydrogen) atoms. The van der Waals surface area contributed by atoms with Crippen molar-refractivity contribution >= 4 is 29.6 Å². The van der Waals surface area contributed by atoms with Crippen LogP contribution in [-0.2, 0) is 14.4 Å². The van der Waals surface area contributed by atoms with Gasteiger partial charge in [0.1, 0.15) is 0 Å². The van der Waals surface area contributed by atoms with Crippen molar-refractivity contribution in [3.63, 3.8) is 0 Å². The van der Waals surface area contributed by atoms with E-state index in [9.17, 15) is 14.4 Å². The molecule has 0 saturated carbocycles. The topological polar surface area (TPSA) is 202 Å². The van der Waals surface area contributed by atoms with Crippen LogP contribution in [0, 0.1) is 6.92 Å². The first kappa shape index (κ1) is 33.2. The molecular weight excluding hydrogens is 536 g/mol. The van der Waals surface area contributed by atoms with Gasteiger partial charge in [-0.05, 0) is 43.4 Å². The van der Waals surface area contributed by atoms with Crippen molar-refractivity contribution in [2.45, 2.75) is 39.0 Å². The molecule has 0 aliphatic carbocycles. The van der Waals surface area contributed by atoms with Crippen LogP contribution < -0.4 is 38.4 Å². The first-order chi connectivity index (χ1) is 20.4. The molecule has 0 unspecified atom stereocenters. The van der Waals surface area contributed by atoms with Gasteiger partial charge in [0.2, 0.25) is 29.6 Å². The molecule has 1 heterocycles. The van der Waals surface area contributed by atoms with Gasteiger partial charge in [-0.15, -0.1) is 5.10 Å². The molecule has 2 aromatic carbocycles. The monoisotopic (exact) mass is 576 g/mol. The molecule has 224 valence electrons. The third-order valence-electron chi connectivity index (χ3n) is 5.71. The van der Waals surface area contributed by atoms with E-state index in [4.69, 9.17) is 11.7 Å². The Balaban J connectivity index is 0.000000389. The lowest BCUT2D eigenvalue weighted by Crippen LogP contribution is -2.45. The minimum Gasteiger partial charge on any atom is -0.355 e. The molecule has 9 N–H and O–H groups in total. The number of nitrogens with zero attached hydrogens (tertiary/aromatic N) is 3. The number of carbonyl (C=O) groups is 3. The number of rotatable bonds is 13. The average Bonchev–Trinajstić information content (AvgIpc) is 3.02. The molecule has 3 amide bonds. The van der Waals surface area contributed by atoms with Crippen LogP contribution in [0.1, 0.15) is 37.7 Å². The Kier molecular flexibility index (Phi) is 15.7. The molecule has 0 atom stereocenters. The van der Waals surface area contributed by atoms with Crippen LogP contribution in [0.4, 0.5) is 5.95 Å². The Bertz CT molecular complexity index is 1240. The van der Waals surface area contributed by atoms with Crippen molar-refractivity contribution in [2.75, 3.05) is 25.0 Å². The number of carbonyl (C=O) groups excluding carboxylic acids is 3. The fourth-order valence-corrected chi connectivity index (χ4v) is 3.48. The third kappa shape index (κ3) is 14.4. The van der Waals surface area contributed by atoms with Crippen LogP contribution in [0.25, 0.3) is 11.1 Å². The molecule has 3 aromatic rings. The summed E-state index contributed by atoms with van der Waals surface area (Å²) in [5.74, 6) is 9.59. The smallest absolute Gasteiger partial charge is 0.239 e. The van der Waals surface area contributed by atoms with Gasteiger partial charge in [0.15, 0.2) is 0 Å². The molecule has 3 rings (SSSR count). The molecule has 0 saturated heterocycles. The average molecular weight is 577 g/mol. The number of amides is 3. The summed E-state index contributed by atoms with van der Waals surface area (Å²) in [7, 11) is 0. The number of hydrogen-bond donors (Lipinski definition) is 7.